The van der Waals surface area contributed by atoms with E-state index in [-0.39, 0.29) is 11.6 Å². The lowest BCUT2D eigenvalue weighted by molar-refractivity contribution is 0.0888. The third-order valence-electron chi connectivity index (χ3n) is 3.74. The van der Waals surface area contributed by atoms with Crippen molar-refractivity contribution in [3.63, 3.8) is 0 Å². The molecule has 0 spiro atoms. The van der Waals surface area contributed by atoms with Crippen LogP contribution in [-0.2, 0) is 4.74 Å². The Morgan fingerprint density at radius 1 is 1.12 bits per heavy atom. The molecule has 0 fully saturated rings. The third-order valence-corrected chi connectivity index (χ3v) is 3.74. The zero-order valence-corrected chi connectivity index (χ0v) is 15.2. The van der Waals surface area contributed by atoms with Crippen LogP contribution in [0.5, 0.6) is 0 Å². The van der Waals surface area contributed by atoms with Gasteiger partial charge in [0.15, 0.2) is 0 Å². The minimum atomic E-state index is -0.417. The summed E-state index contributed by atoms with van der Waals surface area (Å²) in [4.78, 5) is 22.8. The first kappa shape index (κ1) is 18.7. The van der Waals surface area contributed by atoms with E-state index in [0.717, 1.165) is 23.0 Å². The third kappa shape index (κ3) is 5.45. The molecule has 132 valence electrons. The number of carbonyl (C=O) groups is 2. The van der Waals surface area contributed by atoms with E-state index in [2.05, 4.69) is 5.32 Å². The molecule has 0 bridgehead atoms. The lowest BCUT2D eigenvalue weighted by atomic mass is 9.99. The Hall–Kier alpha value is -2.62. The molecule has 0 heterocycles. The molecule has 1 unspecified atom stereocenters. The molecule has 0 radical (unpaired) electrons. The molecule has 2 aromatic rings. The molecule has 0 aliphatic carbocycles. The van der Waals surface area contributed by atoms with E-state index in [1.807, 2.05) is 64.1 Å². The molecule has 0 aromatic heterocycles. The minimum Gasteiger partial charge on any atom is -0.441 e. The van der Waals surface area contributed by atoms with Crippen molar-refractivity contribution in [2.45, 2.75) is 45.8 Å². The second-order valence-electron chi connectivity index (χ2n) is 7.04. The van der Waals surface area contributed by atoms with Gasteiger partial charge in [0.05, 0.1) is 0 Å². The van der Waals surface area contributed by atoms with Crippen LogP contribution in [0, 0.1) is 0 Å². The monoisotopic (exact) mass is 339 g/mol. The highest BCUT2D eigenvalue weighted by Crippen LogP contribution is 2.27. The lowest BCUT2D eigenvalue weighted by Crippen LogP contribution is -2.41. The number of benzene rings is 2. The molecule has 2 aromatic carbocycles. The molecule has 1 atom stereocenters. The predicted molar refractivity (Wildman–Crippen MR) is 99.7 cm³/mol. The van der Waals surface area contributed by atoms with E-state index >= 15 is 0 Å². The Kier molecular flexibility index (Phi) is 5.97. The van der Waals surface area contributed by atoms with Gasteiger partial charge in [0.2, 0.25) is 0 Å². The number of hydrogen-bond acceptors (Lipinski definition) is 3. The van der Waals surface area contributed by atoms with Gasteiger partial charge in [-0.2, -0.15) is 0 Å². The number of aldehydes is 1. The van der Waals surface area contributed by atoms with Crippen molar-refractivity contribution in [1.82, 2.24) is 5.32 Å². The molecule has 0 saturated carbocycles. The molecule has 4 nitrogen and oxygen atoms in total. The van der Waals surface area contributed by atoms with Crippen molar-refractivity contribution in [3.05, 3.63) is 59.7 Å². The van der Waals surface area contributed by atoms with Crippen molar-refractivity contribution < 1.29 is 14.3 Å². The van der Waals surface area contributed by atoms with Gasteiger partial charge >= 0.3 is 6.09 Å². The number of amides is 1. The number of hydrogen-bond donors (Lipinski definition) is 1. The summed E-state index contributed by atoms with van der Waals surface area (Å²) < 4.78 is 5.59. The summed E-state index contributed by atoms with van der Waals surface area (Å²) in [5.74, 6) is 0. The van der Waals surface area contributed by atoms with E-state index in [4.69, 9.17) is 4.74 Å². The Bertz CT molecular complexity index is 730. The number of carbonyl (C=O) groups excluding carboxylic acids is 2. The number of alkyl carbamates (subject to hydrolysis) is 1. The summed E-state index contributed by atoms with van der Waals surface area (Å²) >= 11 is 0. The SMILES string of the molecule is CCC(OC(=O)NC(C)(C)C)c1cccc(-c2ccc(C=O)cc2)c1. The van der Waals surface area contributed by atoms with Crippen LogP contribution in [0.25, 0.3) is 11.1 Å². The fourth-order valence-corrected chi connectivity index (χ4v) is 2.52. The van der Waals surface area contributed by atoms with Crippen molar-refractivity contribution in [3.8, 4) is 11.1 Å². The van der Waals surface area contributed by atoms with Crippen LogP contribution in [0.15, 0.2) is 48.5 Å². The Morgan fingerprint density at radius 2 is 1.80 bits per heavy atom. The first-order chi connectivity index (χ1) is 11.8. The zero-order chi connectivity index (χ0) is 18.4. The zero-order valence-electron chi connectivity index (χ0n) is 15.2. The van der Waals surface area contributed by atoms with E-state index < -0.39 is 6.09 Å². The number of nitrogens with one attached hydrogen (secondary N) is 1. The number of rotatable bonds is 5. The van der Waals surface area contributed by atoms with Gasteiger partial charge in [0.25, 0.3) is 0 Å². The van der Waals surface area contributed by atoms with Gasteiger partial charge in [-0.1, -0.05) is 49.4 Å². The quantitative estimate of drug-likeness (QED) is 0.767. The van der Waals surface area contributed by atoms with E-state index in [0.29, 0.717) is 12.0 Å². The predicted octanol–water partition coefficient (Wildman–Crippen LogP) is 5.14. The van der Waals surface area contributed by atoms with Gasteiger partial charge < -0.3 is 10.1 Å². The maximum Gasteiger partial charge on any atom is 0.408 e. The average Bonchev–Trinajstić information content (AvgIpc) is 2.58. The minimum absolute atomic E-state index is 0.309. The van der Waals surface area contributed by atoms with Crippen LogP contribution < -0.4 is 5.32 Å². The van der Waals surface area contributed by atoms with Crippen LogP contribution in [0.2, 0.25) is 0 Å². The molecule has 1 amide bonds. The van der Waals surface area contributed by atoms with Crippen molar-refractivity contribution in [2.75, 3.05) is 0 Å². The van der Waals surface area contributed by atoms with E-state index in [1.165, 1.54) is 0 Å². The van der Waals surface area contributed by atoms with Crippen molar-refractivity contribution in [1.29, 1.82) is 0 Å². The second-order valence-corrected chi connectivity index (χ2v) is 7.04. The maximum atomic E-state index is 12.1. The van der Waals surface area contributed by atoms with Crippen LogP contribution in [0.3, 0.4) is 0 Å². The topological polar surface area (TPSA) is 55.4 Å². The second kappa shape index (κ2) is 7.97. The van der Waals surface area contributed by atoms with Crippen LogP contribution in [-0.4, -0.2) is 17.9 Å². The summed E-state index contributed by atoms with van der Waals surface area (Å²) in [5, 5.41) is 2.82. The maximum absolute atomic E-state index is 12.1. The molecular weight excluding hydrogens is 314 g/mol. The first-order valence-corrected chi connectivity index (χ1v) is 8.47. The molecule has 0 aliphatic rings. The Labute approximate surface area is 149 Å². The van der Waals surface area contributed by atoms with Crippen molar-refractivity contribution >= 4 is 12.4 Å². The average molecular weight is 339 g/mol. The molecule has 0 saturated heterocycles. The largest absolute Gasteiger partial charge is 0.441 e. The Balaban J connectivity index is 2.19. The normalized spacial score (nSPS) is 12.3. The molecule has 0 aliphatic heterocycles. The molecule has 1 N–H and O–H groups in total. The number of ether oxygens (including phenoxy) is 1. The Morgan fingerprint density at radius 3 is 2.36 bits per heavy atom. The molecule has 25 heavy (non-hydrogen) atoms. The van der Waals surface area contributed by atoms with Crippen LogP contribution >= 0.6 is 0 Å². The highest BCUT2D eigenvalue weighted by Gasteiger charge is 2.19. The first-order valence-electron chi connectivity index (χ1n) is 8.47. The van der Waals surface area contributed by atoms with Gasteiger partial charge in [0.1, 0.15) is 12.4 Å². The van der Waals surface area contributed by atoms with E-state index in [9.17, 15) is 9.59 Å². The molecule has 4 heteroatoms. The standard InChI is InChI=1S/C21H25NO3/c1-5-19(25-20(24)22-21(2,3)4)18-8-6-7-17(13-18)16-11-9-15(14-23)10-12-16/h6-14,19H,5H2,1-4H3,(H,22,24). The van der Waals surface area contributed by atoms with Crippen LogP contribution in [0.4, 0.5) is 4.79 Å². The summed E-state index contributed by atoms with van der Waals surface area (Å²) in [5.41, 5.74) is 3.30. The lowest BCUT2D eigenvalue weighted by Gasteiger charge is -2.23. The van der Waals surface area contributed by atoms with Gasteiger partial charge in [-0.05, 0) is 49.9 Å². The van der Waals surface area contributed by atoms with Gasteiger partial charge in [-0.25, -0.2) is 4.79 Å². The van der Waals surface area contributed by atoms with Gasteiger partial charge in [-0.3, -0.25) is 4.79 Å². The highest BCUT2D eigenvalue weighted by molar-refractivity contribution is 5.77. The fraction of sp³-hybridized carbons (Fsp3) is 0.333. The highest BCUT2D eigenvalue weighted by atomic mass is 16.6. The summed E-state index contributed by atoms with van der Waals surface area (Å²) in [6, 6.07) is 15.3. The van der Waals surface area contributed by atoms with Gasteiger partial charge in [-0.15, -0.1) is 0 Å². The smallest absolute Gasteiger partial charge is 0.408 e. The van der Waals surface area contributed by atoms with Crippen molar-refractivity contribution in [2.24, 2.45) is 0 Å². The van der Waals surface area contributed by atoms with E-state index in [1.54, 1.807) is 12.1 Å². The summed E-state index contributed by atoms with van der Waals surface area (Å²) in [6.07, 6.45) is 0.789. The van der Waals surface area contributed by atoms with Crippen LogP contribution in [0.1, 0.15) is 56.1 Å². The molecule has 2 rings (SSSR count). The summed E-state index contributed by atoms with van der Waals surface area (Å²) in [7, 11) is 0. The summed E-state index contributed by atoms with van der Waals surface area (Å²) in [6.45, 7) is 7.73. The van der Waals surface area contributed by atoms with Gasteiger partial charge in [0, 0.05) is 11.1 Å². The fourth-order valence-electron chi connectivity index (χ4n) is 2.52. The molecular formula is C21H25NO3.